The summed E-state index contributed by atoms with van der Waals surface area (Å²) in [6.45, 7) is 5.13. The molecule has 9 heteroatoms. The van der Waals surface area contributed by atoms with Gasteiger partial charge in [0, 0.05) is 13.0 Å². The second-order valence-electron chi connectivity index (χ2n) is 18.5. The minimum atomic E-state index is -4.55. The van der Waals surface area contributed by atoms with Crippen molar-refractivity contribution in [3.05, 3.63) is 109 Å². The number of quaternary nitrogens is 1. The van der Waals surface area contributed by atoms with E-state index in [1.807, 2.05) is 21.1 Å². The molecule has 0 aliphatic carbocycles. The minimum Gasteiger partial charge on any atom is -0.756 e. The molecule has 0 N–H and O–H groups in total. The van der Waals surface area contributed by atoms with Gasteiger partial charge in [0.15, 0.2) is 0 Å². The van der Waals surface area contributed by atoms with Crippen molar-refractivity contribution in [3.8, 4) is 0 Å². The number of carbonyl (C=O) groups excluding carboxylic acids is 1. The average Bonchev–Trinajstić information content (AvgIpc) is 3.29. The Hall–Kier alpha value is -2.84. The molecule has 0 aromatic heterocycles. The lowest BCUT2D eigenvalue weighted by Gasteiger charge is -2.28. The van der Waals surface area contributed by atoms with E-state index in [4.69, 9.17) is 18.5 Å². The van der Waals surface area contributed by atoms with Gasteiger partial charge in [-0.25, -0.2) is 0 Å². The van der Waals surface area contributed by atoms with E-state index in [1.54, 1.807) is 0 Å². The van der Waals surface area contributed by atoms with Gasteiger partial charge in [0.1, 0.15) is 19.3 Å². The maximum atomic E-state index is 12.8. The van der Waals surface area contributed by atoms with Crippen molar-refractivity contribution in [2.45, 2.75) is 200 Å². The van der Waals surface area contributed by atoms with Crippen molar-refractivity contribution in [3.63, 3.8) is 0 Å². The van der Waals surface area contributed by atoms with Gasteiger partial charge in [-0.15, -0.1) is 0 Å². The summed E-state index contributed by atoms with van der Waals surface area (Å²) in [5.74, 6) is -0.348. The summed E-state index contributed by atoms with van der Waals surface area (Å²) >= 11 is 0. The number of ether oxygens (including phenoxy) is 2. The number of unbranched alkanes of at least 4 members (excludes halogenated alkanes) is 16. The molecule has 67 heavy (non-hydrogen) atoms. The number of hydrogen-bond acceptors (Lipinski definition) is 7. The van der Waals surface area contributed by atoms with E-state index in [1.165, 1.54) is 70.6 Å². The zero-order valence-corrected chi connectivity index (χ0v) is 44.5. The number of carbonyl (C=O) groups is 1. The van der Waals surface area contributed by atoms with Crippen LogP contribution in [0.15, 0.2) is 109 Å². The lowest BCUT2D eigenvalue weighted by atomic mass is 10.0. The smallest absolute Gasteiger partial charge is 0.306 e. The highest BCUT2D eigenvalue weighted by atomic mass is 31.2. The second kappa shape index (κ2) is 49.6. The van der Waals surface area contributed by atoms with Crippen molar-refractivity contribution in [1.82, 2.24) is 0 Å². The number of phosphoric ester groups is 1. The zero-order chi connectivity index (χ0) is 49.0. The topological polar surface area (TPSA) is 94.1 Å². The Morgan fingerprint density at radius 1 is 0.463 bits per heavy atom. The van der Waals surface area contributed by atoms with Crippen LogP contribution in [0.2, 0.25) is 0 Å². The molecule has 0 saturated heterocycles. The monoisotopic (exact) mass is 954 g/mol. The number of rotatable bonds is 48. The molecule has 0 heterocycles. The van der Waals surface area contributed by atoms with Crippen LogP contribution in [0, 0.1) is 0 Å². The fourth-order valence-electron chi connectivity index (χ4n) is 6.80. The third kappa shape index (κ3) is 54.0. The molecule has 0 fully saturated rings. The molecule has 0 rings (SSSR count). The summed E-state index contributed by atoms with van der Waals surface area (Å²) in [7, 11) is 1.33. The van der Waals surface area contributed by atoms with E-state index >= 15 is 0 Å². The Morgan fingerprint density at radius 2 is 0.821 bits per heavy atom. The van der Waals surface area contributed by atoms with Gasteiger partial charge < -0.3 is 27.9 Å². The Bertz CT molecular complexity index is 1430. The van der Waals surface area contributed by atoms with Crippen LogP contribution in [-0.2, 0) is 27.9 Å². The van der Waals surface area contributed by atoms with Gasteiger partial charge in [-0.1, -0.05) is 200 Å². The normalized spacial score (nSPS) is 14.4. The highest BCUT2D eigenvalue weighted by Gasteiger charge is 2.20. The lowest BCUT2D eigenvalue weighted by Crippen LogP contribution is -2.37. The van der Waals surface area contributed by atoms with Crippen LogP contribution in [-0.4, -0.2) is 70.7 Å². The van der Waals surface area contributed by atoms with Crippen molar-refractivity contribution in [1.29, 1.82) is 0 Å². The van der Waals surface area contributed by atoms with Crippen LogP contribution in [0.5, 0.6) is 0 Å². The molecule has 0 amide bonds. The van der Waals surface area contributed by atoms with Crippen LogP contribution in [0.3, 0.4) is 0 Å². The molecule has 2 atom stereocenters. The molecule has 0 aromatic rings. The summed E-state index contributed by atoms with van der Waals surface area (Å²) in [5, 5.41) is 0. The predicted octanol–water partition coefficient (Wildman–Crippen LogP) is 16.1. The van der Waals surface area contributed by atoms with Gasteiger partial charge >= 0.3 is 5.97 Å². The molecule has 0 aliphatic rings. The first-order valence-electron chi connectivity index (χ1n) is 26.6. The maximum Gasteiger partial charge on any atom is 0.306 e. The van der Waals surface area contributed by atoms with Crippen LogP contribution < -0.4 is 4.89 Å². The largest absolute Gasteiger partial charge is 0.756 e. The highest BCUT2D eigenvalue weighted by molar-refractivity contribution is 7.45. The van der Waals surface area contributed by atoms with E-state index in [0.717, 1.165) is 103 Å². The van der Waals surface area contributed by atoms with E-state index in [0.29, 0.717) is 24.1 Å². The standard InChI is InChI=1S/C58H100NO7P/c1-6-8-10-12-14-16-18-20-22-24-26-28-30-31-33-35-37-39-41-43-45-47-49-51-58(60)66-57(56-65-67(61,62)64-54-52-59(3,4)5)55-63-53-50-48-46-44-42-40-38-36-34-32-29-27-25-23-21-19-17-15-13-11-9-7-2/h8-11,14-17,20-23,26-29,34,36,57H,6-7,12-13,18-19,24-25,30-33,35,37-56H2,1-5H3/b10-8-,11-9-,16-14-,17-15-,22-20-,23-21-,28-26-,29-27-,36-34-. The predicted molar refractivity (Wildman–Crippen MR) is 286 cm³/mol. The number of esters is 1. The molecule has 0 aliphatic heterocycles. The Kier molecular flexibility index (Phi) is 47.5. The van der Waals surface area contributed by atoms with Gasteiger partial charge in [0.2, 0.25) is 0 Å². The van der Waals surface area contributed by atoms with E-state index < -0.39 is 13.9 Å². The van der Waals surface area contributed by atoms with Crippen molar-refractivity contribution in [2.75, 3.05) is 54.1 Å². The molecule has 2 unspecified atom stereocenters. The molecular formula is C58H100NO7P. The summed E-state index contributed by atoms with van der Waals surface area (Å²) in [6.07, 6.45) is 69.7. The molecule has 0 spiro atoms. The SMILES string of the molecule is CC/C=C\C/C=C\C/C=C\C/C=C\C/C=C\CCCCCCCCOCC(COP(=O)([O-])OCC[N+](C)(C)C)OC(=O)CCCCCCCCCCCC/C=C\C/C=C\C/C=C\C/C=C\CC. The van der Waals surface area contributed by atoms with E-state index in [-0.39, 0.29) is 25.8 Å². The second-order valence-corrected chi connectivity index (χ2v) is 19.9. The molecular weight excluding hydrogens is 854 g/mol. The maximum absolute atomic E-state index is 12.8. The van der Waals surface area contributed by atoms with Gasteiger partial charge in [-0.2, -0.15) is 0 Å². The zero-order valence-electron chi connectivity index (χ0n) is 43.6. The molecule has 8 nitrogen and oxygen atoms in total. The van der Waals surface area contributed by atoms with Gasteiger partial charge in [0.25, 0.3) is 7.82 Å². The minimum absolute atomic E-state index is 0.0157. The molecule has 0 bridgehead atoms. The Morgan fingerprint density at radius 3 is 1.22 bits per heavy atom. The summed E-state index contributed by atoms with van der Waals surface area (Å²) < 4.78 is 34.8. The summed E-state index contributed by atoms with van der Waals surface area (Å²) in [5.41, 5.74) is 0. The molecule has 0 radical (unpaired) electrons. The third-order valence-corrected chi connectivity index (χ3v) is 11.8. The van der Waals surface area contributed by atoms with Crippen LogP contribution in [0.25, 0.3) is 0 Å². The van der Waals surface area contributed by atoms with Crippen molar-refractivity contribution in [2.24, 2.45) is 0 Å². The first-order valence-corrected chi connectivity index (χ1v) is 28.1. The van der Waals surface area contributed by atoms with E-state index in [2.05, 4.69) is 123 Å². The van der Waals surface area contributed by atoms with Gasteiger partial charge in [0.05, 0.1) is 34.4 Å². The fraction of sp³-hybridized carbons (Fsp3) is 0.672. The molecule has 0 saturated carbocycles. The van der Waals surface area contributed by atoms with Crippen LogP contribution in [0.4, 0.5) is 0 Å². The third-order valence-electron chi connectivity index (χ3n) is 10.8. The Labute approximate surface area is 412 Å². The summed E-state index contributed by atoms with van der Waals surface area (Å²) in [4.78, 5) is 25.2. The Balaban J connectivity index is 4.19. The quantitative estimate of drug-likeness (QED) is 0.0197. The van der Waals surface area contributed by atoms with E-state index in [9.17, 15) is 14.3 Å². The first-order chi connectivity index (χ1) is 32.6. The number of likely N-dealkylation sites (N-methyl/N-ethyl adjacent to an activating group) is 1. The number of nitrogens with zero attached hydrogens (tertiary/aromatic N) is 1. The fourth-order valence-corrected chi connectivity index (χ4v) is 7.53. The van der Waals surface area contributed by atoms with Gasteiger partial charge in [-0.3, -0.25) is 9.36 Å². The van der Waals surface area contributed by atoms with Crippen LogP contribution >= 0.6 is 7.82 Å². The molecule has 384 valence electrons. The van der Waals surface area contributed by atoms with Gasteiger partial charge in [-0.05, 0) is 96.3 Å². The summed E-state index contributed by atoms with van der Waals surface area (Å²) in [6, 6.07) is 0. The first kappa shape index (κ1) is 64.2. The number of phosphoric acid groups is 1. The number of allylic oxidation sites excluding steroid dienone is 18. The highest BCUT2D eigenvalue weighted by Crippen LogP contribution is 2.38. The average molecular weight is 954 g/mol. The van der Waals surface area contributed by atoms with Crippen LogP contribution in [0.1, 0.15) is 194 Å². The van der Waals surface area contributed by atoms with Crippen molar-refractivity contribution >= 4 is 13.8 Å². The number of hydrogen-bond donors (Lipinski definition) is 0. The molecule has 0 aromatic carbocycles. The van der Waals surface area contributed by atoms with Crippen molar-refractivity contribution < 1.29 is 37.3 Å². The lowest BCUT2D eigenvalue weighted by molar-refractivity contribution is -0.870.